The second-order valence-corrected chi connectivity index (χ2v) is 6.49. The Balaban J connectivity index is 2.26. The number of hydrogen-bond donors (Lipinski definition) is 1. The predicted octanol–water partition coefficient (Wildman–Crippen LogP) is 5.07. The minimum Gasteiger partial charge on any atom is -0.466 e. The molecule has 1 aliphatic rings. The lowest BCUT2D eigenvalue weighted by Crippen LogP contribution is -2.32. The first-order valence-electron chi connectivity index (χ1n) is 8.38. The van der Waals surface area contributed by atoms with Crippen LogP contribution in [0.4, 0.5) is 0 Å². The van der Waals surface area contributed by atoms with Crippen molar-refractivity contribution >= 4 is 0 Å². The quantitative estimate of drug-likeness (QED) is 0.812. The molecule has 1 aromatic rings. The lowest BCUT2D eigenvalue weighted by molar-refractivity contribution is 0.209. The van der Waals surface area contributed by atoms with Crippen molar-refractivity contribution in [3.05, 3.63) is 22.6 Å². The fourth-order valence-electron chi connectivity index (χ4n) is 4.00. The van der Waals surface area contributed by atoms with Gasteiger partial charge in [-0.1, -0.05) is 33.1 Å². The number of hydrogen-bond acceptors (Lipinski definition) is 2. The van der Waals surface area contributed by atoms with Crippen molar-refractivity contribution in [3.63, 3.8) is 0 Å². The van der Waals surface area contributed by atoms with E-state index in [4.69, 9.17) is 4.42 Å². The summed E-state index contributed by atoms with van der Waals surface area (Å²) in [6.45, 7) is 12.0. The number of nitrogens with one attached hydrogen (secondary N) is 1. The van der Waals surface area contributed by atoms with E-state index >= 15 is 0 Å². The van der Waals surface area contributed by atoms with Crippen molar-refractivity contribution in [3.8, 4) is 0 Å². The normalized spacial score (nSPS) is 24.9. The standard InChI is InChI=1S/C18H31NO/c1-6-15-9-8-10-16(11-15)18(19-7-2)17-12(3)13(4)20-14(17)5/h15-16,18-19H,6-11H2,1-5H3. The third kappa shape index (κ3) is 3.11. The first-order chi connectivity index (χ1) is 9.58. The molecule has 2 heteroatoms. The summed E-state index contributed by atoms with van der Waals surface area (Å²) in [7, 11) is 0. The largest absolute Gasteiger partial charge is 0.466 e. The van der Waals surface area contributed by atoms with Gasteiger partial charge in [0.15, 0.2) is 0 Å². The van der Waals surface area contributed by atoms with Crippen LogP contribution < -0.4 is 5.32 Å². The molecule has 0 aromatic carbocycles. The molecule has 114 valence electrons. The highest BCUT2D eigenvalue weighted by molar-refractivity contribution is 5.34. The molecule has 1 heterocycles. The van der Waals surface area contributed by atoms with Crippen LogP contribution in [0.25, 0.3) is 0 Å². The first kappa shape index (κ1) is 15.6. The van der Waals surface area contributed by atoms with E-state index in [1.54, 1.807) is 0 Å². The highest BCUT2D eigenvalue weighted by Gasteiger charge is 2.31. The van der Waals surface area contributed by atoms with Gasteiger partial charge in [-0.05, 0) is 57.6 Å². The Labute approximate surface area is 124 Å². The molecule has 1 aliphatic carbocycles. The Kier molecular flexibility index (Phi) is 5.31. The Morgan fingerprint density at radius 1 is 1.15 bits per heavy atom. The van der Waals surface area contributed by atoms with Crippen LogP contribution in [0.3, 0.4) is 0 Å². The lowest BCUT2D eigenvalue weighted by Gasteiger charge is -2.35. The Morgan fingerprint density at radius 2 is 1.90 bits per heavy atom. The summed E-state index contributed by atoms with van der Waals surface area (Å²) in [6, 6.07) is 0.479. The van der Waals surface area contributed by atoms with E-state index < -0.39 is 0 Å². The van der Waals surface area contributed by atoms with Crippen LogP contribution in [0.1, 0.15) is 74.6 Å². The molecule has 0 spiro atoms. The maximum atomic E-state index is 5.88. The van der Waals surface area contributed by atoms with Crippen molar-refractivity contribution in [1.29, 1.82) is 0 Å². The molecule has 0 amide bonds. The smallest absolute Gasteiger partial charge is 0.106 e. The Morgan fingerprint density at radius 3 is 2.45 bits per heavy atom. The van der Waals surface area contributed by atoms with Gasteiger partial charge in [0.1, 0.15) is 11.5 Å². The summed E-state index contributed by atoms with van der Waals surface area (Å²) in [6.07, 6.45) is 6.88. The van der Waals surface area contributed by atoms with Crippen LogP contribution >= 0.6 is 0 Å². The molecule has 2 rings (SSSR count). The van der Waals surface area contributed by atoms with Crippen LogP contribution in [-0.4, -0.2) is 6.54 Å². The molecule has 1 saturated carbocycles. The monoisotopic (exact) mass is 277 g/mol. The molecule has 1 N–H and O–H groups in total. The van der Waals surface area contributed by atoms with Gasteiger partial charge in [-0.25, -0.2) is 0 Å². The zero-order valence-corrected chi connectivity index (χ0v) is 13.9. The molecule has 0 bridgehead atoms. The highest BCUT2D eigenvalue weighted by Crippen LogP contribution is 2.41. The van der Waals surface area contributed by atoms with Gasteiger partial charge in [-0.2, -0.15) is 0 Å². The zero-order chi connectivity index (χ0) is 14.7. The number of rotatable bonds is 5. The van der Waals surface area contributed by atoms with Gasteiger partial charge in [0.05, 0.1) is 0 Å². The molecule has 20 heavy (non-hydrogen) atoms. The second-order valence-electron chi connectivity index (χ2n) is 6.49. The van der Waals surface area contributed by atoms with E-state index in [0.29, 0.717) is 6.04 Å². The molecule has 2 nitrogen and oxygen atoms in total. The first-order valence-corrected chi connectivity index (χ1v) is 8.38. The fraction of sp³-hybridized carbons (Fsp3) is 0.778. The topological polar surface area (TPSA) is 25.2 Å². The van der Waals surface area contributed by atoms with E-state index in [-0.39, 0.29) is 0 Å². The van der Waals surface area contributed by atoms with Gasteiger partial charge in [-0.3, -0.25) is 0 Å². The average Bonchev–Trinajstić information content (AvgIpc) is 2.70. The van der Waals surface area contributed by atoms with Crippen LogP contribution in [0, 0.1) is 32.6 Å². The molecule has 0 radical (unpaired) electrons. The van der Waals surface area contributed by atoms with Gasteiger partial charge in [0.25, 0.3) is 0 Å². The summed E-state index contributed by atoms with van der Waals surface area (Å²) in [5, 5.41) is 3.75. The zero-order valence-electron chi connectivity index (χ0n) is 13.9. The number of furan rings is 1. The fourth-order valence-corrected chi connectivity index (χ4v) is 4.00. The van der Waals surface area contributed by atoms with Gasteiger partial charge >= 0.3 is 0 Å². The minimum absolute atomic E-state index is 0.479. The molecular formula is C18H31NO. The van der Waals surface area contributed by atoms with Crippen molar-refractivity contribution in [2.45, 2.75) is 72.8 Å². The molecule has 1 fully saturated rings. The summed E-state index contributed by atoms with van der Waals surface area (Å²) in [5.74, 6) is 3.89. The Hall–Kier alpha value is -0.760. The summed E-state index contributed by atoms with van der Waals surface area (Å²) >= 11 is 0. The van der Waals surface area contributed by atoms with E-state index in [2.05, 4.69) is 39.9 Å². The van der Waals surface area contributed by atoms with E-state index in [1.807, 2.05) is 0 Å². The third-order valence-corrected chi connectivity index (χ3v) is 5.22. The predicted molar refractivity (Wildman–Crippen MR) is 85.1 cm³/mol. The maximum Gasteiger partial charge on any atom is 0.106 e. The average molecular weight is 277 g/mol. The SMILES string of the molecule is CCNC(c1c(C)oc(C)c1C)C1CCCC(CC)C1. The summed E-state index contributed by atoms with van der Waals surface area (Å²) in [5.41, 5.74) is 2.79. The van der Waals surface area contributed by atoms with Gasteiger partial charge in [-0.15, -0.1) is 0 Å². The molecule has 0 aliphatic heterocycles. The Bertz CT molecular complexity index is 435. The van der Waals surface area contributed by atoms with E-state index in [9.17, 15) is 0 Å². The number of aryl methyl sites for hydroxylation is 2. The van der Waals surface area contributed by atoms with Crippen molar-refractivity contribution in [2.75, 3.05) is 6.54 Å². The summed E-state index contributed by atoms with van der Waals surface area (Å²) in [4.78, 5) is 0. The van der Waals surface area contributed by atoms with E-state index in [1.165, 1.54) is 43.2 Å². The van der Waals surface area contributed by atoms with Crippen molar-refractivity contribution in [2.24, 2.45) is 11.8 Å². The third-order valence-electron chi connectivity index (χ3n) is 5.22. The van der Waals surface area contributed by atoms with Gasteiger partial charge in [0, 0.05) is 11.6 Å². The lowest BCUT2D eigenvalue weighted by atomic mass is 9.74. The second kappa shape index (κ2) is 6.80. The van der Waals surface area contributed by atoms with E-state index in [0.717, 1.165) is 29.9 Å². The minimum atomic E-state index is 0.479. The summed E-state index contributed by atoms with van der Waals surface area (Å²) < 4.78 is 5.88. The van der Waals surface area contributed by atoms with Crippen LogP contribution in [0.2, 0.25) is 0 Å². The van der Waals surface area contributed by atoms with Crippen LogP contribution in [0.15, 0.2) is 4.42 Å². The molecular weight excluding hydrogens is 246 g/mol. The van der Waals surface area contributed by atoms with Gasteiger partial charge in [0.2, 0.25) is 0 Å². The van der Waals surface area contributed by atoms with Gasteiger partial charge < -0.3 is 9.73 Å². The molecule has 3 unspecified atom stereocenters. The van der Waals surface area contributed by atoms with Crippen molar-refractivity contribution in [1.82, 2.24) is 5.32 Å². The molecule has 3 atom stereocenters. The van der Waals surface area contributed by atoms with Crippen LogP contribution in [-0.2, 0) is 0 Å². The van der Waals surface area contributed by atoms with Crippen molar-refractivity contribution < 1.29 is 4.42 Å². The maximum absolute atomic E-state index is 5.88. The molecule has 0 saturated heterocycles. The molecule has 1 aromatic heterocycles. The van der Waals surface area contributed by atoms with Crippen LogP contribution in [0.5, 0.6) is 0 Å². The highest BCUT2D eigenvalue weighted by atomic mass is 16.3.